The van der Waals surface area contributed by atoms with Gasteiger partial charge in [0, 0.05) is 11.6 Å². The monoisotopic (exact) mass is 385 g/mol. The maximum atomic E-state index is 12.4. The van der Waals surface area contributed by atoms with E-state index in [4.69, 9.17) is 18.9 Å². The van der Waals surface area contributed by atoms with E-state index in [1.165, 1.54) is 6.08 Å². The Morgan fingerprint density at radius 1 is 1.00 bits per heavy atom. The van der Waals surface area contributed by atoms with E-state index in [0.717, 1.165) is 11.1 Å². The number of carbonyl (C=O) groups is 1. The molecule has 2 aromatic rings. The van der Waals surface area contributed by atoms with E-state index in [-0.39, 0.29) is 11.9 Å². The zero-order valence-electron chi connectivity index (χ0n) is 16.9. The normalized spacial score (nSPS) is 11.8. The van der Waals surface area contributed by atoms with Gasteiger partial charge >= 0.3 is 0 Å². The van der Waals surface area contributed by atoms with Gasteiger partial charge in [-0.2, -0.15) is 0 Å². The molecule has 0 saturated heterocycles. The van der Waals surface area contributed by atoms with Crippen molar-refractivity contribution in [2.45, 2.75) is 19.9 Å². The van der Waals surface area contributed by atoms with Gasteiger partial charge in [0.05, 0.1) is 34.0 Å². The molecule has 0 unspecified atom stereocenters. The molecule has 0 spiro atoms. The summed E-state index contributed by atoms with van der Waals surface area (Å²) in [5.41, 5.74) is 1.68. The molecule has 0 bridgehead atoms. The molecule has 2 rings (SSSR count). The van der Waals surface area contributed by atoms with Gasteiger partial charge in [-0.25, -0.2) is 0 Å². The van der Waals surface area contributed by atoms with Crippen molar-refractivity contribution in [3.05, 3.63) is 53.6 Å². The lowest BCUT2D eigenvalue weighted by Gasteiger charge is -2.17. The third-order valence-corrected chi connectivity index (χ3v) is 4.18. The molecule has 150 valence electrons. The SMILES string of the molecule is CCOc1cc(/C=C/C(=O)N[C@H](C)c2cc(OC)ccc2OC)ccc1OC. The molecule has 0 aliphatic carbocycles. The van der Waals surface area contributed by atoms with Crippen LogP contribution in [0.2, 0.25) is 0 Å². The van der Waals surface area contributed by atoms with Crippen LogP contribution in [0.15, 0.2) is 42.5 Å². The van der Waals surface area contributed by atoms with Crippen molar-refractivity contribution in [1.29, 1.82) is 0 Å². The molecule has 0 heterocycles. The first-order chi connectivity index (χ1) is 13.5. The average molecular weight is 385 g/mol. The van der Waals surface area contributed by atoms with E-state index in [2.05, 4.69) is 5.32 Å². The lowest BCUT2D eigenvalue weighted by molar-refractivity contribution is -0.117. The third-order valence-electron chi connectivity index (χ3n) is 4.18. The molecular formula is C22H27NO5. The highest BCUT2D eigenvalue weighted by Crippen LogP contribution is 2.30. The molecule has 0 fully saturated rings. The zero-order valence-corrected chi connectivity index (χ0v) is 16.9. The minimum Gasteiger partial charge on any atom is -0.497 e. The topological polar surface area (TPSA) is 66.0 Å². The summed E-state index contributed by atoms with van der Waals surface area (Å²) in [6.07, 6.45) is 3.22. The lowest BCUT2D eigenvalue weighted by atomic mass is 10.1. The fourth-order valence-corrected chi connectivity index (χ4v) is 2.75. The maximum absolute atomic E-state index is 12.4. The third kappa shape index (κ3) is 5.42. The molecule has 0 aliphatic heterocycles. The minimum atomic E-state index is -0.253. The minimum absolute atomic E-state index is 0.217. The number of methoxy groups -OCH3 is 3. The molecule has 0 radical (unpaired) electrons. The number of hydrogen-bond acceptors (Lipinski definition) is 5. The first kappa shape index (κ1) is 21.2. The number of amides is 1. The summed E-state index contributed by atoms with van der Waals surface area (Å²) in [5.74, 6) is 2.47. The van der Waals surface area contributed by atoms with E-state index >= 15 is 0 Å². The number of ether oxygens (including phenoxy) is 4. The van der Waals surface area contributed by atoms with Crippen LogP contribution < -0.4 is 24.3 Å². The number of hydrogen-bond donors (Lipinski definition) is 1. The number of carbonyl (C=O) groups excluding carboxylic acids is 1. The summed E-state index contributed by atoms with van der Waals surface area (Å²) in [4.78, 5) is 12.4. The predicted molar refractivity (Wildman–Crippen MR) is 109 cm³/mol. The van der Waals surface area contributed by atoms with Crippen molar-refractivity contribution in [2.24, 2.45) is 0 Å². The molecule has 0 aromatic heterocycles. The highest BCUT2D eigenvalue weighted by Gasteiger charge is 2.14. The van der Waals surface area contributed by atoms with Gasteiger partial charge in [0.25, 0.3) is 0 Å². The molecule has 28 heavy (non-hydrogen) atoms. The Balaban J connectivity index is 2.10. The van der Waals surface area contributed by atoms with Gasteiger partial charge in [-0.05, 0) is 55.8 Å². The van der Waals surface area contributed by atoms with Crippen LogP contribution in [0.1, 0.15) is 31.0 Å². The Kier molecular flexibility index (Phi) is 7.75. The van der Waals surface area contributed by atoms with Crippen molar-refractivity contribution in [2.75, 3.05) is 27.9 Å². The predicted octanol–water partition coefficient (Wildman–Crippen LogP) is 4.00. The maximum Gasteiger partial charge on any atom is 0.244 e. The number of nitrogens with one attached hydrogen (secondary N) is 1. The number of rotatable bonds is 9. The Hall–Kier alpha value is -3.15. The van der Waals surface area contributed by atoms with Crippen LogP contribution in [0.3, 0.4) is 0 Å². The molecule has 6 heteroatoms. The van der Waals surface area contributed by atoms with E-state index in [1.807, 2.05) is 50.2 Å². The summed E-state index contributed by atoms with van der Waals surface area (Å²) in [5, 5.41) is 2.94. The van der Waals surface area contributed by atoms with Crippen LogP contribution in [-0.4, -0.2) is 33.8 Å². The van der Waals surface area contributed by atoms with Crippen molar-refractivity contribution in [3.63, 3.8) is 0 Å². The Morgan fingerprint density at radius 2 is 1.71 bits per heavy atom. The highest BCUT2D eigenvalue weighted by molar-refractivity contribution is 5.92. The summed E-state index contributed by atoms with van der Waals surface area (Å²) >= 11 is 0. The molecule has 2 aromatic carbocycles. The first-order valence-electron chi connectivity index (χ1n) is 9.03. The lowest BCUT2D eigenvalue weighted by Crippen LogP contribution is -2.25. The van der Waals surface area contributed by atoms with Crippen molar-refractivity contribution in [3.8, 4) is 23.0 Å². The van der Waals surface area contributed by atoms with Crippen LogP contribution in [0.5, 0.6) is 23.0 Å². The second kappa shape index (κ2) is 10.3. The second-order valence-electron chi connectivity index (χ2n) is 6.01. The van der Waals surface area contributed by atoms with Crippen molar-refractivity contribution >= 4 is 12.0 Å². The summed E-state index contributed by atoms with van der Waals surface area (Å²) in [6.45, 7) is 4.33. The van der Waals surface area contributed by atoms with Crippen LogP contribution >= 0.6 is 0 Å². The average Bonchev–Trinajstić information content (AvgIpc) is 2.72. The van der Waals surface area contributed by atoms with Crippen molar-refractivity contribution in [1.82, 2.24) is 5.32 Å². The molecule has 6 nitrogen and oxygen atoms in total. The Labute approximate surface area is 166 Å². The fraction of sp³-hybridized carbons (Fsp3) is 0.318. The van der Waals surface area contributed by atoms with Gasteiger partial charge in [-0.1, -0.05) is 6.07 Å². The molecular weight excluding hydrogens is 358 g/mol. The smallest absolute Gasteiger partial charge is 0.244 e. The van der Waals surface area contributed by atoms with Gasteiger partial charge in [-0.15, -0.1) is 0 Å². The highest BCUT2D eigenvalue weighted by atomic mass is 16.5. The van der Waals surface area contributed by atoms with E-state index in [1.54, 1.807) is 27.4 Å². The molecule has 1 amide bonds. The quantitative estimate of drug-likeness (QED) is 0.661. The van der Waals surface area contributed by atoms with Gasteiger partial charge < -0.3 is 24.3 Å². The van der Waals surface area contributed by atoms with Crippen LogP contribution in [0, 0.1) is 0 Å². The van der Waals surface area contributed by atoms with Gasteiger partial charge in [0.2, 0.25) is 5.91 Å². The van der Waals surface area contributed by atoms with Crippen LogP contribution in [0.25, 0.3) is 6.08 Å². The zero-order chi connectivity index (χ0) is 20.5. The van der Waals surface area contributed by atoms with Gasteiger partial charge in [0.15, 0.2) is 11.5 Å². The Morgan fingerprint density at radius 3 is 2.36 bits per heavy atom. The van der Waals surface area contributed by atoms with E-state index in [0.29, 0.717) is 29.6 Å². The van der Waals surface area contributed by atoms with Crippen LogP contribution in [-0.2, 0) is 4.79 Å². The summed E-state index contributed by atoms with van der Waals surface area (Å²) < 4.78 is 21.5. The van der Waals surface area contributed by atoms with E-state index < -0.39 is 0 Å². The molecule has 0 aliphatic rings. The molecule has 1 N–H and O–H groups in total. The standard InChI is InChI=1S/C22H27NO5/c1-6-28-21-13-16(7-10-20(21)27-5)8-12-22(24)23-15(2)18-14-17(25-3)9-11-19(18)26-4/h7-15H,6H2,1-5H3,(H,23,24)/b12-8+/t15-/m1/s1. The van der Waals surface area contributed by atoms with Crippen molar-refractivity contribution < 1.29 is 23.7 Å². The molecule has 0 saturated carbocycles. The van der Waals surface area contributed by atoms with Gasteiger partial charge in [0.1, 0.15) is 11.5 Å². The van der Waals surface area contributed by atoms with Gasteiger partial charge in [-0.3, -0.25) is 4.79 Å². The van der Waals surface area contributed by atoms with E-state index in [9.17, 15) is 4.79 Å². The Bertz CT molecular complexity index is 832. The fourth-order valence-electron chi connectivity index (χ4n) is 2.75. The van der Waals surface area contributed by atoms with Crippen LogP contribution in [0.4, 0.5) is 0 Å². The second-order valence-corrected chi connectivity index (χ2v) is 6.01. The first-order valence-corrected chi connectivity index (χ1v) is 9.03. The number of benzene rings is 2. The largest absolute Gasteiger partial charge is 0.497 e. The summed E-state index contributed by atoms with van der Waals surface area (Å²) in [6, 6.07) is 10.7. The molecule has 1 atom stereocenters. The summed E-state index contributed by atoms with van der Waals surface area (Å²) in [7, 11) is 4.79.